The van der Waals surface area contributed by atoms with E-state index in [1.54, 1.807) is 5.51 Å². The highest BCUT2D eigenvalue weighted by molar-refractivity contribution is 8.02. The van der Waals surface area contributed by atoms with E-state index in [0.717, 1.165) is 30.3 Å². The van der Waals surface area contributed by atoms with Crippen molar-refractivity contribution >= 4 is 29.0 Å². The summed E-state index contributed by atoms with van der Waals surface area (Å²) in [6, 6.07) is 0. The maximum atomic E-state index is 11.9. The van der Waals surface area contributed by atoms with Gasteiger partial charge in [0.1, 0.15) is 5.51 Å². The molecule has 0 N–H and O–H groups in total. The third-order valence-electron chi connectivity index (χ3n) is 2.38. The minimum absolute atomic E-state index is 0.0453. The second-order valence-corrected chi connectivity index (χ2v) is 5.92. The summed E-state index contributed by atoms with van der Waals surface area (Å²) in [6.45, 7) is 3.77. The summed E-state index contributed by atoms with van der Waals surface area (Å²) in [7, 11) is 0. The average Bonchev–Trinajstić information content (AvgIpc) is 2.88. The molecule has 0 saturated carbocycles. The summed E-state index contributed by atoms with van der Waals surface area (Å²) >= 11 is 2.98. The van der Waals surface area contributed by atoms with Gasteiger partial charge >= 0.3 is 0 Å². The van der Waals surface area contributed by atoms with Crippen LogP contribution in [0.25, 0.3) is 0 Å². The standard InChI is InChI=1S/C9H13N3OS2/c1-7(15-9-11-10-6-14-9)8(13)12-4-2-3-5-12/h6-7H,2-5H2,1H3. The van der Waals surface area contributed by atoms with Gasteiger partial charge in [-0.2, -0.15) is 0 Å². The monoisotopic (exact) mass is 243 g/mol. The van der Waals surface area contributed by atoms with Gasteiger partial charge in [-0.15, -0.1) is 10.2 Å². The van der Waals surface area contributed by atoms with Crippen LogP contribution in [0, 0.1) is 0 Å². The Hall–Kier alpha value is -0.620. The second-order valence-electron chi connectivity index (χ2n) is 3.50. The van der Waals surface area contributed by atoms with Crippen LogP contribution < -0.4 is 0 Å². The Morgan fingerprint density at radius 3 is 2.93 bits per heavy atom. The highest BCUT2D eigenvalue weighted by atomic mass is 32.2. The number of aromatic nitrogens is 2. The Bertz CT molecular complexity index is 322. The third kappa shape index (κ3) is 2.69. The molecule has 82 valence electrons. The maximum absolute atomic E-state index is 11.9. The average molecular weight is 243 g/mol. The lowest BCUT2D eigenvalue weighted by molar-refractivity contribution is -0.129. The van der Waals surface area contributed by atoms with E-state index in [1.165, 1.54) is 23.1 Å². The van der Waals surface area contributed by atoms with Gasteiger partial charge in [0.05, 0.1) is 5.25 Å². The van der Waals surface area contributed by atoms with Crippen LogP contribution in [0.1, 0.15) is 19.8 Å². The summed E-state index contributed by atoms with van der Waals surface area (Å²) < 4.78 is 0.870. The zero-order valence-electron chi connectivity index (χ0n) is 8.55. The van der Waals surface area contributed by atoms with Crippen molar-refractivity contribution in [2.75, 3.05) is 13.1 Å². The van der Waals surface area contributed by atoms with Crippen molar-refractivity contribution < 1.29 is 4.79 Å². The number of hydrogen-bond donors (Lipinski definition) is 0. The van der Waals surface area contributed by atoms with Crippen molar-refractivity contribution in [3.8, 4) is 0 Å². The predicted octanol–water partition coefficient (Wildman–Crippen LogP) is 1.64. The summed E-state index contributed by atoms with van der Waals surface area (Å²) in [4.78, 5) is 13.9. The lowest BCUT2D eigenvalue weighted by Crippen LogP contribution is -2.33. The molecule has 1 amide bonds. The van der Waals surface area contributed by atoms with Crippen LogP contribution in [-0.2, 0) is 4.79 Å². The molecule has 0 radical (unpaired) electrons. The molecule has 1 aliphatic heterocycles. The predicted molar refractivity (Wildman–Crippen MR) is 61.0 cm³/mol. The SMILES string of the molecule is CC(Sc1nncs1)C(=O)N1CCCC1. The molecule has 0 spiro atoms. The van der Waals surface area contributed by atoms with Crippen molar-refractivity contribution in [3.05, 3.63) is 5.51 Å². The van der Waals surface area contributed by atoms with Crippen LogP contribution in [0.3, 0.4) is 0 Å². The molecule has 15 heavy (non-hydrogen) atoms. The normalized spacial score (nSPS) is 18.1. The van der Waals surface area contributed by atoms with E-state index in [1.807, 2.05) is 11.8 Å². The molecular weight excluding hydrogens is 230 g/mol. The van der Waals surface area contributed by atoms with Crippen LogP contribution in [0.2, 0.25) is 0 Å². The first-order chi connectivity index (χ1) is 7.27. The fourth-order valence-corrected chi connectivity index (χ4v) is 3.32. The molecule has 1 aromatic heterocycles. The highest BCUT2D eigenvalue weighted by Crippen LogP contribution is 2.26. The molecule has 1 unspecified atom stereocenters. The molecule has 1 saturated heterocycles. The van der Waals surface area contributed by atoms with Crippen LogP contribution in [0.5, 0.6) is 0 Å². The van der Waals surface area contributed by atoms with E-state index in [4.69, 9.17) is 0 Å². The molecule has 4 nitrogen and oxygen atoms in total. The number of rotatable bonds is 3. The van der Waals surface area contributed by atoms with Gasteiger partial charge < -0.3 is 4.90 Å². The van der Waals surface area contributed by atoms with Crippen LogP contribution in [0.15, 0.2) is 9.85 Å². The zero-order valence-corrected chi connectivity index (χ0v) is 10.2. The van der Waals surface area contributed by atoms with Crippen molar-refractivity contribution in [3.63, 3.8) is 0 Å². The van der Waals surface area contributed by atoms with Crippen molar-refractivity contribution in [2.24, 2.45) is 0 Å². The minimum Gasteiger partial charge on any atom is -0.342 e. The fourth-order valence-electron chi connectivity index (χ4n) is 1.61. The Balaban J connectivity index is 1.89. The molecular formula is C9H13N3OS2. The van der Waals surface area contributed by atoms with Crippen LogP contribution >= 0.6 is 23.1 Å². The molecule has 0 bridgehead atoms. The topological polar surface area (TPSA) is 46.1 Å². The number of likely N-dealkylation sites (tertiary alicyclic amines) is 1. The third-order valence-corrected chi connectivity index (χ3v) is 4.28. The smallest absolute Gasteiger partial charge is 0.235 e. The molecule has 6 heteroatoms. The molecule has 1 fully saturated rings. The van der Waals surface area contributed by atoms with Gasteiger partial charge in [0.2, 0.25) is 5.91 Å². The summed E-state index contributed by atoms with van der Waals surface area (Å²) in [6.07, 6.45) is 2.28. The number of carbonyl (C=O) groups excluding carboxylic acids is 1. The Morgan fingerprint density at radius 1 is 1.60 bits per heavy atom. The lowest BCUT2D eigenvalue weighted by Gasteiger charge is -2.18. The van der Waals surface area contributed by atoms with Crippen LogP contribution in [0.4, 0.5) is 0 Å². The first-order valence-electron chi connectivity index (χ1n) is 4.99. The van der Waals surface area contributed by atoms with Gasteiger partial charge in [-0.25, -0.2) is 0 Å². The Labute approximate surface area is 97.1 Å². The first kappa shape index (κ1) is 10.9. The Kier molecular flexibility index (Phi) is 3.58. The van der Waals surface area contributed by atoms with Crippen molar-refractivity contribution in [1.82, 2.24) is 15.1 Å². The summed E-state index contributed by atoms with van der Waals surface area (Å²) in [5, 5.41) is 7.64. The van der Waals surface area contributed by atoms with Crippen molar-refractivity contribution in [2.45, 2.75) is 29.4 Å². The molecule has 0 aliphatic carbocycles. The van der Waals surface area contributed by atoms with E-state index < -0.39 is 0 Å². The first-order valence-corrected chi connectivity index (χ1v) is 6.75. The number of thioether (sulfide) groups is 1. The molecule has 0 aromatic carbocycles. The second kappa shape index (κ2) is 4.94. The van der Waals surface area contributed by atoms with E-state index in [-0.39, 0.29) is 11.2 Å². The van der Waals surface area contributed by atoms with Gasteiger partial charge in [0.25, 0.3) is 0 Å². The van der Waals surface area contributed by atoms with Gasteiger partial charge in [-0.05, 0) is 19.8 Å². The fraction of sp³-hybridized carbons (Fsp3) is 0.667. The number of nitrogens with zero attached hydrogens (tertiary/aromatic N) is 3. The van der Waals surface area contributed by atoms with Crippen LogP contribution in [-0.4, -0.2) is 39.3 Å². The quantitative estimate of drug-likeness (QED) is 0.757. The van der Waals surface area contributed by atoms with Gasteiger partial charge in [0.15, 0.2) is 4.34 Å². The Morgan fingerprint density at radius 2 is 2.33 bits per heavy atom. The number of hydrogen-bond acceptors (Lipinski definition) is 5. The molecule has 2 rings (SSSR count). The van der Waals surface area contributed by atoms with E-state index in [0.29, 0.717) is 0 Å². The van der Waals surface area contributed by atoms with Gasteiger partial charge in [0, 0.05) is 13.1 Å². The zero-order chi connectivity index (χ0) is 10.7. The number of amides is 1. The molecule has 2 heterocycles. The molecule has 1 aromatic rings. The lowest BCUT2D eigenvalue weighted by atomic mass is 10.4. The largest absolute Gasteiger partial charge is 0.342 e. The molecule has 1 aliphatic rings. The highest BCUT2D eigenvalue weighted by Gasteiger charge is 2.24. The summed E-state index contributed by atoms with van der Waals surface area (Å²) in [5.74, 6) is 0.229. The van der Waals surface area contributed by atoms with Crippen molar-refractivity contribution in [1.29, 1.82) is 0 Å². The summed E-state index contributed by atoms with van der Waals surface area (Å²) in [5.41, 5.74) is 1.69. The maximum Gasteiger partial charge on any atom is 0.235 e. The minimum atomic E-state index is -0.0453. The van der Waals surface area contributed by atoms with E-state index in [2.05, 4.69) is 10.2 Å². The van der Waals surface area contributed by atoms with E-state index in [9.17, 15) is 4.79 Å². The molecule has 1 atom stereocenters. The number of carbonyl (C=O) groups is 1. The van der Waals surface area contributed by atoms with E-state index >= 15 is 0 Å². The van der Waals surface area contributed by atoms with Gasteiger partial charge in [-0.1, -0.05) is 23.1 Å². The van der Waals surface area contributed by atoms with Gasteiger partial charge in [-0.3, -0.25) is 4.79 Å².